The molecule has 0 spiro atoms. The molecule has 33 heavy (non-hydrogen) atoms. The largest absolute Gasteiger partial charge is 0.442 e. The third-order valence-electron chi connectivity index (χ3n) is 5.19. The van der Waals surface area contributed by atoms with Gasteiger partial charge in [0.25, 0.3) is 11.8 Å². The first-order chi connectivity index (χ1) is 15.7. The lowest BCUT2D eigenvalue weighted by Crippen LogP contribution is -2.42. The zero-order chi connectivity index (χ0) is 23.7. The minimum atomic E-state index is -0.847. The van der Waals surface area contributed by atoms with Gasteiger partial charge in [0.1, 0.15) is 18.5 Å². The Morgan fingerprint density at radius 1 is 1.24 bits per heavy atom. The van der Waals surface area contributed by atoms with Crippen molar-refractivity contribution in [1.82, 2.24) is 4.90 Å². The number of ether oxygens (including phenoxy) is 2. The van der Waals surface area contributed by atoms with Crippen molar-refractivity contribution in [1.29, 1.82) is 0 Å². The monoisotopic (exact) mass is 495 g/mol. The van der Waals surface area contributed by atoms with Crippen LogP contribution in [0.25, 0.3) is 0 Å². The van der Waals surface area contributed by atoms with E-state index in [1.165, 1.54) is 36.1 Å². The quantitative estimate of drug-likeness (QED) is 0.633. The van der Waals surface area contributed by atoms with Crippen molar-refractivity contribution in [2.24, 2.45) is 0 Å². The van der Waals surface area contributed by atoms with E-state index in [9.17, 15) is 23.6 Å². The highest BCUT2D eigenvalue weighted by atomic mass is 35.5. The molecule has 12 heteroatoms. The van der Waals surface area contributed by atoms with Crippen LogP contribution in [-0.4, -0.2) is 67.7 Å². The van der Waals surface area contributed by atoms with Gasteiger partial charge in [-0.15, -0.1) is 11.3 Å². The van der Waals surface area contributed by atoms with Crippen molar-refractivity contribution in [3.8, 4) is 0 Å². The molecule has 0 unspecified atom stereocenters. The number of carbonyl (C=O) groups excluding carboxylic acids is 4. The highest BCUT2D eigenvalue weighted by Crippen LogP contribution is 2.30. The molecule has 0 N–H and O–H groups in total. The minimum Gasteiger partial charge on any atom is -0.442 e. The average Bonchev–Trinajstić information content (AvgIpc) is 3.37. The third kappa shape index (κ3) is 4.85. The summed E-state index contributed by atoms with van der Waals surface area (Å²) in [5.41, 5.74) is 0.328. The molecule has 9 nitrogen and oxygen atoms in total. The Balaban J connectivity index is 1.48. The summed E-state index contributed by atoms with van der Waals surface area (Å²) in [6, 6.07) is 7.15. The summed E-state index contributed by atoms with van der Waals surface area (Å²) in [6.07, 6.45) is -1.65. The van der Waals surface area contributed by atoms with E-state index in [0.717, 1.165) is 21.1 Å². The van der Waals surface area contributed by atoms with Crippen LogP contribution in [0.4, 0.5) is 20.6 Å². The number of imide groups is 1. The molecule has 2 aliphatic rings. The lowest BCUT2D eigenvalue weighted by molar-refractivity contribution is -0.127. The second-order valence-electron chi connectivity index (χ2n) is 7.39. The normalized spacial score (nSPS) is 18.5. The summed E-state index contributed by atoms with van der Waals surface area (Å²) in [6.45, 7) is 1.55. The zero-order valence-corrected chi connectivity index (χ0v) is 19.0. The van der Waals surface area contributed by atoms with Gasteiger partial charge >= 0.3 is 6.09 Å². The van der Waals surface area contributed by atoms with E-state index in [2.05, 4.69) is 0 Å². The zero-order valence-electron chi connectivity index (χ0n) is 17.5. The molecule has 1 aromatic carbocycles. The average molecular weight is 496 g/mol. The van der Waals surface area contributed by atoms with Gasteiger partial charge in [0, 0.05) is 19.2 Å². The maximum atomic E-state index is 14.9. The SMILES string of the molecule is CC(=O)N(C[C@H]1CN(c2ccc(N3CCOCC3=O)cc2F)C(=O)O1)C(=O)c1ccc(Cl)s1. The predicted molar refractivity (Wildman–Crippen MR) is 118 cm³/mol. The molecule has 4 amide bonds. The highest BCUT2D eigenvalue weighted by Gasteiger charge is 2.37. The summed E-state index contributed by atoms with van der Waals surface area (Å²) < 4.78 is 25.6. The van der Waals surface area contributed by atoms with Crippen LogP contribution < -0.4 is 9.80 Å². The molecule has 0 radical (unpaired) electrons. The van der Waals surface area contributed by atoms with Crippen LogP contribution in [0.3, 0.4) is 0 Å². The number of hydrogen-bond donors (Lipinski definition) is 0. The van der Waals surface area contributed by atoms with E-state index in [0.29, 0.717) is 23.2 Å². The number of rotatable bonds is 5. The lowest BCUT2D eigenvalue weighted by atomic mass is 10.2. The summed E-state index contributed by atoms with van der Waals surface area (Å²) in [5.74, 6) is -2.07. The number of nitrogens with zero attached hydrogens (tertiary/aromatic N) is 3. The minimum absolute atomic E-state index is 0.0299. The summed E-state index contributed by atoms with van der Waals surface area (Å²) in [5, 5.41) is 0. The number of anilines is 2. The molecule has 2 saturated heterocycles. The van der Waals surface area contributed by atoms with Gasteiger partial charge in [0.15, 0.2) is 0 Å². The summed E-state index contributed by atoms with van der Waals surface area (Å²) in [4.78, 5) is 52.9. The van der Waals surface area contributed by atoms with Crippen molar-refractivity contribution in [2.75, 3.05) is 42.6 Å². The van der Waals surface area contributed by atoms with Crippen LogP contribution in [0.5, 0.6) is 0 Å². The van der Waals surface area contributed by atoms with Crippen molar-refractivity contribution in [2.45, 2.75) is 13.0 Å². The van der Waals surface area contributed by atoms with Gasteiger partial charge in [-0.25, -0.2) is 9.18 Å². The van der Waals surface area contributed by atoms with Gasteiger partial charge in [-0.2, -0.15) is 0 Å². The Morgan fingerprint density at radius 3 is 2.67 bits per heavy atom. The van der Waals surface area contributed by atoms with Gasteiger partial charge < -0.3 is 14.4 Å². The van der Waals surface area contributed by atoms with Gasteiger partial charge in [-0.05, 0) is 30.3 Å². The Kier molecular flexibility index (Phi) is 6.63. The first-order valence-corrected chi connectivity index (χ1v) is 11.2. The number of halogens is 2. The fraction of sp³-hybridized carbons (Fsp3) is 0.333. The predicted octanol–water partition coefficient (Wildman–Crippen LogP) is 2.92. The number of amides is 4. The summed E-state index contributed by atoms with van der Waals surface area (Å²) in [7, 11) is 0. The van der Waals surface area contributed by atoms with Crippen LogP contribution in [0.2, 0.25) is 4.34 Å². The van der Waals surface area contributed by atoms with Crippen LogP contribution in [0.15, 0.2) is 30.3 Å². The Bertz CT molecular complexity index is 1130. The number of thiophene rings is 1. The maximum absolute atomic E-state index is 14.9. The second kappa shape index (κ2) is 9.46. The molecule has 1 atom stereocenters. The Morgan fingerprint density at radius 2 is 2.03 bits per heavy atom. The van der Waals surface area contributed by atoms with Crippen LogP contribution >= 0.6 is 22.9 Å². The van der Waals surface area contributed by atoms with Crippen molar-refractivity contribution in [3.05, 3.63) is 45.4 Å². The van der Waals surface area contributed by atoms with E-state index in [-0.39, 0.29) is 36.2 Å². The number of hydrogen-bond acceptors (Lipinski definition) is 7. The van der Waals surface area contributed by atoms with Crippen LogP contribution in [0, 0.1) is 5.82 Å². The van der Waals surface area contributed by atoms with Crippen molar-refractivity contribution < 1.29 is 33.0 Å². The number of cyclic esters (lactones) is 1. The lowest BCUT2D eigenvalue weighted by Gasteiger charge is -2.27. The first kappa shape index (κ1) is 23.1. The molecule has 3 heterocycles. The van der Waals surface area contributed by atoms with Gasteiger partial charge in [0.2, 0.25) is 5.91 Å². The van der Waals surface area contributed by atoms with E-state index in [4.69, 9.17) is 21.1 Å². The molecular formula is C21H19ClFN3O6S. The fourth-order valence-corrected chi connectivity index (χ4v) is 4.60. The molecule has 1 aromatic heterocycles. The molecule has 0 bridgehead atoms. The van der Waals surface area contributed by atoms with E-state index in [1.54, 1.807) is 6.07 Å². The fourth-order valence-electron chi connectivity index (χ4n) is 3.61. The smallest absolute Gasteiger partial charge is 0.414 e. The molecule has 174 valence electrons. The molecule has 2 fully saturated rings. The molecule has 0 saturated carbocycles. The van der Waals surface area contributed by atoms with E-state index < -0.39 is 29.8 Å². The number of carbonyl (C=O) groups is 4. The Hall–Kier alpha value is -3.02. The molecule has 2 aliphatic heterocycles. The van der Waals surface area contributed by atoms with Crippen LogP contribution in [0.1, 0.15) is 16.6 Å². The highest BCUT2D eigenvalue weighted by molar-refractivity contribution is 7.18. The second-order valence-corrected chi connectivity index (χ2v) is 9.10. The van der Waals surface area contributed by atoms with Gasteiger partial charge in [-0.1, -0.05) is 11.6 Å². The molecule has 2 aromatic rings. The Labute approximate surface area is 197 Å². The van der Waals surface area contributed by atoms with Crippen molar-refractivity contribution >= 4 is 58.1 Å². The molecular weight excluding hydrogens is 477 g/mol. The van der Waals surface area contributed by atoms with E-state index >= 15 is 0 Å². The van der Waals surface area contributed by atoms with Gasteiger partial charge in [-0.3, -0.25) is 24.2 Å². The number of benzene rings is 1. The maximum Gasteiger partial charge on any atom is 0.414 e. The number of morpholine rings is 1. The third-order valence-corrected chi connectivity index (χ3v) is 6.41. The van der Waals surface area contributed by atoms with Crippen molar-refractivity contribution in [3.63, 3.8) is 0 Å². The standard InChI is InChI=1S/C21H19ClFN3O6S/c1-12(27)25(20(29)17-4-5-18(22)33-17)9-14-10-26(21(30)32-14)16-3-2-13(8-15(16)23)24-6-7-31-11-19(24)28/h2-5,8,14H,6-7,9-11H2,1H3/t14-/m0/s1. The molecule has 0 aliphatic carbocycles. The molecule has 4 rings (SSSR count). The topological polar surface area (TPSA) is 96.5 Å². The van der Waals surface area contributed by atoms with E-state index in [1.807, 2.05) is 0 Å². The summed E-state index contributed by atoms with van der Waals surface area (Å²) >= 11 is 6.90. The first-order valence-electron chi connectivity index (χ1n) is 9.98. The van der Waals surface area contributed by atoms with Crippen LogP contribution in [-0.2, 0) is 19.1 Å². The van der Waals surface area contributed by atoms with Gasteiger partial charge in [0.05, 0.1) is 34.6 Å².